The largest absolute Gasteiger partial charge is 0.508 e. The van der Waals surface area contributed by atoms with Gasteiger partial charge in [0, 0.05) is 17.1 Å². The minimum atomic E-state index is -1.54. The summed E-state index contributed by atoms with van der Waals surface area (Å²) in [6, 6.07) is 13.6. The number of carboxylic acid groups (broad SMARTS) is 1. The quantitative estimate of drug-likeness (QED) is 0.207. The van der Waals surface area contributed by atoms with Crippen LogP contribution in [0.1, 0.15) is 21.5 Å². The number of phenolic OH excluding ortho intramolecular Hbond substituents is 1. The van der Waals surface area contributed by atoms with E-state index in [1.165, 1.54) is 18.2 Å². The predicted octanol–water partition coefficient (Wildman–Crippen LogP) is 4.22. The molecule has 6 N–H and O–H groups in total. The van der Waals surface area contributed by atoms with E-state index in [1.807, 2.05) is 0 Å². The van der Waals surface area contributed by atoms with Gasteiger partial charge in [-0.1, -0.05) is 65.1 Å². The number of benzene rings is 3. The van der Waals surface area contributed by atoms with E-state index in [0.717, 1.165) is 0 Å². The Bertz CT molecular complexity index is 1400. The summed E-state index contributed by atoms with van der Waals surface area (Å²) >= 11 is 18.5. The Hall–Kier alpha value is -3.99. The zero-order chi connectivity index (χ0) is 28.5. The molecule has 13 heteroatoms. The number of urea groups is 1. The van der Waals surface area contributed by atoms with Crippen molar-refractivity contribution in [3.63, 3.8) is 0 Å². The maximum atomic E-state index is 12.9. The van der Waals surface area contributed by atoms with Gasteiger partial charge in [0.2, 0.25) is 5.91 Å². The van der Waals surface area contributed by atoms with Gasteiger partial charge in [0.15, 0.2) is 0 Å². The smallest absolute Gasteiger partial charge is 0.328 e. The van der Waals surface area contributed by atoms with Crippen LogP contribution in [0.2, 0.25) is 15.1 Å². The molecule has 10 nitrogen and oxygen atoms in total. The maximum Gasteiger partial charge on any atom is 0.328 e. The number of carboxylic acids is 1. The van der Waals surface area contributed by atoms with Gasteiger partial charge in [-0.15, -0.1) is 0 Å². The molecule has 3 rings (SSSR count). The highest BCUT2D eigenvalue weighted by Gasteiger charge is 2.25. The van der Waals surface area contributed by atoms with Gasteiger partial charge >= 0.3 is 12.0 Å². The summed E-state index contributed by atoms with van der Waals surface area (Å²) in [5, 5.41) is 29.2. The highest BCUT2D eigenvalue weighted by atomic mass is 35.5. The molecule has 4 amide bonds. The Morgan fingerprint density at radius 2 is 1.64 bits per heavy atom. The summed E-state index contributed by atoms with van der Waals surface area (Å²) in [7, 11) is 0. The number of hydrogen-bond acceptors (Lipinski definition) is 5. The van der Waals surface area contributed by atoms with Crippen molar-refractivity contribution < 1.29 is 29.4 Å². The summed E-state index contributed by atoms with van der Waals surface area (Å²) < 4.78 is 0. The standard InChI is InChI=1S/C26H23Cl3N4O6/c27-16-6-3-4-14(10-16)11-21(35)32-18-9-8-17(28)22(23(18)29)24(36)33-19(25(37)38)13-31-26(39)30-12-15-5-1-2-7-20(15)34/h1-10,19,34H,11-13H2,(H,32,35)(H,33,36)(H,37,38)(H2,30,31,39). The molecule has 0 aromatic heterocycles. The molecule has 0 heterocycles. The van der Waals surface area contributed by atoms with E-state index in [2.05, 4.69) is 21.3 Å². The van der Waals surface area contributed by atoms with E-state index >= 15 is 0 Å². The SMILES string of the molecule is O=C(Cc1cccc(Cl)c1)Nc1ccc(Cl)c(C(=O)NC(CNC(=O)NCc2ccccc2O)C(=O)O)c1Cl. The molecular weight excluding hydrogens is 571 g/mol. The first kappa shape index (κ1) is 29.6. The highest BCUT2D eigenvalue weighted by molar-refractivity contribution is 6.41. The molecule has 1 unspecified atom stereocenters. The molecule has 0 aliphatic rings. The lowest BCUT2D eigenvalue weighted by molar-refractivity contribution is -0.139. The van der Waals surface area contributed by atoms with E-state index in [1.54, 1.807) is 42.5 Å². The summed E-state index contributed by atoms with van der Waals surface area (Å²) in [6.07, 6.45) is -0.0141. The Morgan fingerprint density at radius 1 is 0.897 bits per heavy atom. The number of hydrogen-bond donors (Lipinski definition) is 6. The third kappa shape index (κ3) is 8.51. The van der Waals surface area contributed by atoms with Crippen LogP contribution in [-0.4, -0.2) is 46.6 Å². The monoisotopic (exact) mass is 592 g/mol. The number of amides is 4. The lowest BCUT2D eigenvalue weighted by Crippen LogP contribution is -2.50. The number of aromatic hydroxyl groups is 1. The molecule has 0 saturated heterocycles. The highest BCUT2D eigenvalue weighted by Crippen LogP contribution is 2.32. The van der Waals surface area contributed by atoms with Gasteiger partial charge in [0.1, 0.15) is 11.8 Å². The number of anilines is 1. The molecule has 1 atom stereocenters. The Morgan fingerprint density at radius 3 is 2.33 bits per heavy atom. The van der Waals surface area contributed by atoms with Gasteiger partial charge in [-0.3, -0.25) is 9.59 Å². The molecule has 0 aliphatic heterocycles. The fourth-order valence-electron chi connectivity index (χ4n) is 3.41. The number of halogens is 3. The van der Waals surface area contributed by atoms with Crippen molar-refractivity contribution in [1.82, 2.24) is 16.0 Å². The van der Waals surface area contributed by atoms with Crippen molar-refractivity contribution in [3.8, 4) is 5.75 Å². The van der Waals surface area contributed by atoms with E-state index in [9.17, 15) is 29.4 Å². The van der Waals surface area contributed by atoms with Crippen LogP contribution < -0.4 is 21.3 Å². The molecule has 0 radical (unpaired) electrons. The average Bonchev–Trinajstić information content (AvgIpc) is 2.87. The zero-order valence-electron chi connectivity index (χ0n) is 20.1. The molecular formula is C26H23Cl3N4O6. The van der Waals surface area contributed by atoms with Gasteiger partial charge in [0.05, 0.1) is 34.3 Å². The number of carbonyl (C=O) groups is 4. The molecule has 204 valence electrons. The van der Waals surface area contributed by atoms with E-state index in [4.69, 9.17) is 34.8 Å². The number of aliphatic carboxylic acids is 1. The molecule has 3 aromatic rings. The normalized spacial score (nSPS) is 11.3. The molecule has 0 bridgehead atoms. The van der Waals surface area contributed by atoms with Gasteiger partial charge in [-0.2, -0.15) is 0 Å². The zero-order valence-corrected chi connectivity index (χ0v) is 22.4. The summed E-state index contributed by atoms with van der Waals surface area (Å²) in [6.45, 7) is -0.484. The van der Waals surface area contributed by atoms with E-state index in [-0.39, 0.29) is 40.0 Å². The van der Waals surface area contributed by atoms with Crippen molar-refractivity contribution >= 4 is 64.3 Å². The van der Waals surface area contributed by atoms with E-state index in [0.29, 0.717) is 16.1 Å². The van der Waals surface area contributed by atoms with Crippen LogP contribution in [0.3, 0.4) is 0 Å². The average molecular weight is 594 g/mol. The summed E-state index contributed by atoms with van der Waals surface area (Å²) in [5.41, 5.74) is 0.949. The van der Waals surface area contributed by atoms with Crippen LogP contribution in [0.15, 0.2) is 60.7 Å². The van der Waals surface area contributed by atoms with Crippen molar-refractivity contribution in [2.45, 2.75) is 19.0 Å². The number of carbonyl (C=O) groups excluding carboxylic acids is 3. The lowest BCUT2D eigenvalue weighted by Gasteiger charge is -2.18. The van der Waals surface area contributed by atoms with Crippen molar-refractivity contribution in [2.24, 2.45) is 0 Å². The number of rotatable bonds is 10. The second-order valence-electron chi connectivity index (χ2n) is 8.20. The van der Waals surface area contributed by atoms with Crippen molar-refractivity contribution in [3.05, 3.63) is 92.4 Å². The van der Waals surface area contributed by atoms with Gasteiger partial charge in [0.25, 0.3) is 5.91 Å². The van der Waals surface area contributed by atoms with Gasteiger partial charge in [-0.05, 0) is 35.9 Å². The second-order valence-corrected chi connectivity index (χ2v) is 9.42. The lowest BCUT2D eigenvalue weighted by atomic mass is 10.1. The third-order valence-electron chi connectivity index (χ3n) is 5.35. The van der Waals surface area contributed by atoms with Crippen molar-refractivity contribution in [1.29, 1.82) is 0 Å². The molecule has 0 saturated carbocycles. The number of phenols is 1. The fourth-order valence-corrected chi connectivity index (χ4v) is 4.21. The first-order valence-corrected chi connectivity index (χ1v) is 12.5. The second kappa shape index (κ2) is 13.7. The van der Waals surface area contributed by atoms with Crippen LogP contribution in [-0.2, 0) is 22.6 Å². The van der Waals surface area contributed by atoms with Gasteiger partial charge < -0.3 is 31.5 Å². The first-order chi connectivity index (χ1) is 18.5. The maximum absolute atomic E-state index is 12.9. The Balaban J connectivity index is 1.63. The number of para-hydroxylation sites is 1. The Labute approximate surface area is 238 Å². The summed E-state index contributed by atoms with van der Waals surface area (Å²) in [5.74, 6) is -2.80. The fraction of sp³-hybridized carbons (Fsp3) is 0.154. The number of nitrogens with one attached hydrogen (secondary N) is 4. The minimum absolute atomic E-state index is 0.00915. The van der Waals surface area contributed by atoms with Crippen LogP contribution in [0, 0.1) is 0 Å². The van der Waals surface area contributed by atoms with Crippen LogP contribution >= 0.6 is 34.8 Å². The molecule has 0 fully saturated rings. The molecule has 39 heavy (non-hydrogen) atoms. The summed E-state index contributed by atoms with van der Waals surface area (Å²) in [4.78, 5) is 49.3. The van der Waals surface area contributed by atoms with Gasteiger partial charge in [-0.25, -0.2) is 9.59 Å². The van der Waals surface area contributed by atoms with Crippen molar-refractivity contribution in [2.75, 3.05) is 11.9 Å². The molecule has 0 aliphatic carbocycles. The van der Waals surface area contributed by atoms with Crippen LogP contribution in [0.25, 0.3) is 0 Å². The van der Waals surface area contributed by atoms with Crippen LogP contribution in [0.5, 0.6) is 5.75 Å². The predicted molar refractivity (Wildman–Crippen MR) is 147 cm³/mol. The molecule has 3 aromatic carbocycles. The topological polar surface area (TPSA) is 157 Å². The third-order valence-corrected chi connectivity index (χ3v) is 6.29. The van der Waals surface area contributed by atoms with Crippen LogP contribution in [0.4, 0.5) is 10.5 Å². The van der Waals surface area contributed by atoms with E-state index < -0.39 is 36.4 Å². The Kier molecular flexibility index (Phi) is 10.4. The minimum Gasteiger partial charge on any atom is -0.508 e. The first-order valence-electron chi connectivity index (χ1n) is 11.4. The molecule has 0 spiro atoms.